The second-order valence-corrected chi connectivity index (χ2v) is 6.22. The zero-order valence-electron chi connectivity index (χ0n) is 11.7. The Morgan fingerprint density at radius 1 is 1.33 bits per heavy atom. The van der Waals surface area contributed by atoms with Crippen molar-refractivity contribution in [1.29, 1.82) is 0 Å². The van der Waals surface area contributed by atoms with Crippen LogP contribution in [0.15, 0.2) is 24.3 Å². The van der Waals surface area contributed by atoms with E-state index in [1.807, 2.05) is 6.26 Å². The van der Waals surface area contributed by atoms with Crippen molar-refractivity contribution in [2.24, 2.45) is 0 Å². The molecule has 0 saturated heterocycles. The fourth-order valence-electron chi connectivity index (χ4n) is 1.42. The van der Waals surface area contributed by atoms with Gasteiger partial charge in [0.25, 0.3) is 0 Å². The number of amides is 2. The van der Waals surface area contributed by atoms with E-state index in [4.69, 9.17) is 0 Å². The first-order valence-corrected chi connectivity index (χ1v) is 8.59. The Kier molecular flexibility index (Phi) is 7.99. The lowest BCUT2D eigenvalue weighted by molar-refractivity contribution is -0.142. The Bertz CT molecular complexity index is 471. The summed E-state index contributed by atoms with van der Waals surface area (Å²) in [6, 6.07) is 4.08. The highest BCUT2D eigenvalue weighted by Crippen LogP contribution is 2.11. The number of hydrogen-bond donors (Lipinski definition) is 2. The summed E-state index contributed by atoms with van der Waals surface area (Å²) in [5.74, 6) is -0.468. The molecule has 1 aromatic carbocycles. The molecule has 0 aliphatic carbocycles. The number of carbonyl (C=O) groups excluding carboxylic acids is 2. The van der Waals surface area contributed by atoms with Crippen LogP contribution in [0.3, 0.4) is 0 Å². The molecule has 0 unspecified atom stereocenters. The molecule has 21 heavy (non-hydrogen) atoms. The van der Waals surface area contributed by atoms with Crippen molar-refractivity contribution in [1.82, 2.24) is 5.32 Å². The molecule has 0 saturated carbocycles. The maximum atomic E-state index is 12.8. The van der Waals surface area contributed by atoms with Crippen LogP contribution in [0.4, 0.5) is 14.9 Å². The molecule has 2 amide bonds. The van der Waals surface area contributed by atoms with Crippen molar-refractivity contribution in [2.75, 3.05) is 29.5 Å². The van der Waals surface area contributed by atoms with E-state index in [9.17, 15) is 14.0 Å². The molecular weight excluding hydrogens is 315 g/mol. The maximum absolute atomic E-state index is 12.8. The lowest BCUT2D eigenvalue weighted by Crippen LogP contribution is -2.45. The summed E-state index contributed by atoms with van der Waals surface area (Å²) in [4.78, 5) is 23.4. The Hall–Kier alpha value is -1.41. The molecule has 5 nitrogen and oxygen atoms in total. The van der Waals surface area contributed by atoms with Crippen molar-refractivity contribution in [3.63, 3.8) is 0 Å². The van der Waals surface area contributed by atoms with Gasteiger partial charge >= 0.3 is 12.0 Å². The van der Waals surface area contributed by atoms with E-state index in [0.717, 1.165) is 5.08 Å². The summed E-state index contributed by atoms with van der Waals surface area (Å²) in [6.45, 7) is 0. The van der Waals surface area contributed by atoms with Crippen LogP contribution in [0.25, 0.3) is 0 Å². The van der Waals surface area contributed by atoms with E-state index >= 15 is 0 Å². The topological polar surface area (TPSA) is 67.4 Å². The quantitative estimate of drug-likeness (QED) is 0.456. The normalized spacial score (nSPS) is 11.6. The van der Waals surface area contributed by atoms with Gasteiger partial charge in [0.1, 0.15) is 11.9 Å². The first kappa shape index (κ1) is 17.6. The summed E-state index contributed by atoms with van der Waals surface area (Å²) in [6.07, 6.45) is 1.95. The number of thioether (sulfide) groups is 2. The average molecular weight is 332 g/mol. The van der Waals surface area contributed by atoms with Crippen LogP contribution in [0.2, 0.25) is 0 Å². The highest BCUT2D eigenvalue weighted by atomic mass is 32.2. The van der Waals surface area contributed by atoms with E-state index in [0.29, 0.717) is 11.4 Å². The minimum absolute atomic E-state index is 0.387. The van der Waals surface area contributed by atoms with Crippen molar-refractivity contribution in [3.05, 3.63) is 30.1 Å². The average Bonchev–Trinajstić information content (AvgIpc) is 2.48. The molecule has 0 bridgehead atoms. The van der Waals surface area contributed by atoms with Gasteiger partial charge in [0.15, 0.2) is 0 Å². The lowest BCUT2D eigenvalue weighted by Gasteiger charge is -2.16. The van der Waals surface area contributed by atoms with Crippen LogP contribution < -0.4 is 10.6 Å². The first-order valence-electron chi connectivity index (χ1n) is 6.04. The molecule has 0 aliphatic rings. The first-order chi connectivity index (χ1) is 10.1. The summed E-state index contributed by atoms with van der Waals surface area (Å²) in [5.41, 5.74) is 0.439. The molecule has 1 rings (SSSR count). The monoisotopic (exact) mass is 332 g/mol. The molecule has 1 atom stereocenters. The largest absolute Gasteiger partial charge is 0.467 e. The van der Waals surface area contributed by atoms with Crippen molar-refractivity contribution >= 4 is 41.2 Å². The number of rotatable bonds is 7. The zero-order chi connectivity index (χ0) is 15.7. The van der Waals surface area contributed by atoms with Gasteiger partial charge in [-0.15, -0.1) is 11.8 Å². The molecule has 1 aromatic rings. The number of anilines is 1. The predicted octanol–water partition coefficient (Wildman–Crippen LogP) is 2.54. The fourth-order valence-corrected chi connectivity index (χ4v) is 2.93. The predicted molar refractivity (Wildman–Crippen MR) is 85.2 cm³/mol. The van der Waals surface area contributed by atoms with Crippen LogP contribution in [0, 0.1) is 5.82 Å². The molecule has 8 heteroatoms. The molecule has 0 aromatic heterocycles. The van der Waals surface area contributed by atoms with E-state index in [1.54, 1.807) is 11.8 Å². The maximum Gasteiger partial charge on any atom is 0.329 e. The second kappa shape index (κ2) is 9.51. The van der Waals surface area contributed by atoms with Gasteiger partial charge in [0.2, 0.25) is 0 Å². The van der Waals surface area contributed by atoms with E-state index in [-0.39, 0.29) is 5.82 Å². The number of hydrogen-bond acceptors (Lipinski definition) is 5. The van der Waals surface area contributed by atoms with Crippen molar-refractivity contribution in [3.8, 4) is 0 Å². The van der Waals surface area contributed by atoms with Crippen molar-refractivity contribution < 1.29 is 18.7 Å². The minimum atomic E-state index is -0.729. The second-order valence-electron chi connectivity index (χ2n) is 3.96. The van der Waals surface area contributed by atoms with Crippen molar-refractivity contribution in [2.45, 2.75) is 6.04 Å². The van der Waals surface area contributed by atoms with Crippen LogP contribution >= 0.6 is 23.5 Å². The van der Waals surface area contributed by atoms with E-state index in [2.05, 4.69) is 15.4 Å². The molecule has 0 aliphatic heterocycles. The van der Waals surface area contributed by atoms with Gasteiger partial charge < -0.3 is 15.4 Å². The third-order valence-electron chi connectivity index (χ3n) is 2.38. The van der Waals surface area contributed by atoms with Gasteiger partial charge in [-0.2, -0.15) is 11.8 Å². The van der Waals surface area contributed by atoms with Gasteiger partial charge in [-0.3, -0.25) is 0 Å². The number of esters is 1. The van der Waals surface area contributed by atoms with Gasteiger partial charge in [-0.05, 0) is 30.5 Å². The Morgan fingerprint density at radius 2 is 2.00 bits per heavy atom. The molecule has 0 heterocycles. The zero-order valence-corrected chi connectivity index (χ0v) is 13.4. The number of benzene rings is 1. The SMILES string of the molecule is COC(=O)[C@@H](CSCSC)NC(=O)Nc1ccc(F)cc1. The smallest absolute Gasteiger partial charge is 0.329 e. The van der Waals surface area contributed by atoms with Crippen LogP contribution in [0.5, 0.6) is 0 Å². The highest BCUT2D eigenvalue weighted by Gasteiger charge is 2.21. The van der Waals surface area contributed by atoms with Crippen LogP contribution in [0.1, 0.15) is 0 Å². The number of urea groups is 1. The third kappa shape index (κ3) is 6.72. The van der Waals surface area contributed by atoms with Crippen LogP contribution in [-0.2, 0) is 9.53 Å². The van der Waals surface area contributed by atoms with Gasteiger partial charge in [-0.25, -0.2) is 14.0 Å². The third-order valence-corrected chi connectivity index (χ3v) is 4.56. The fraction of sp³-hybridized carbons (Fsp3) is 0.385. The van der Waals surface area contributed by atoms with E-state index < -0.39 is 18.0 Å². The van der Waals surface area contributed by atoms with Gasteiger partial charge in [0.05, 0.1) is 7.11 Å². The number of ether oxygens (including phenoxy) is 1. The number of nitrogens with one attached hydrogen (secondary N) is 2. The number of methoxy groups -OCH3 is 1. The Labute approximate surface area is 131 Å². The summed E-state index contributed by atoms with van der Waals surface area (Å²) >= 11 is 3.16. The van der Waals surface area contributed by atoms with Gasteiger partial charge in [0, 0.05) is 16.5 Å². The molecule has 0 radical (unpaired) electrons. The minimum Gasteiger partial charge on any atom is -0.467 e. The highest BCUT2D eigenvalue weighted by molar-refractivity contribution is 8.15. The number of carbonyl (C=O) groups is 2. The molecule has 0 fully saturated rings. The number of halogens is 1. The Morgan fingerprint density at radius 3 is 2.57 bits per heavy atom. The lowest BCUT2D eigenvalue weighted by atomic mass is 10.3. The molecular formula is C13H17FN2O3S2. The van der Waals surface area contributed by atoms with E-state index in [1.165, 1.54) is 43.1 Å². The summed E-state index contributed by atoms with van der Waals surface area (Å²) < 4.78 is 17.4. The summed E-state index contributed by atoms with van der Waals surface area (Å²) in [7, 11) is 1.27. The molecule has 0 spiro atoms. The molecule has 2 N–H and O–H groups in total. The van der Waals surface area contributed by atoms with Crippen LogP contribution in [-0.4, -0.2) is 42.2 Å². The van der Waals surface area contributed by atoms with Gasteiger partial charge in [-0.1, -0.05) is 0 Å². The molecule has 116 valence electrons. The summed E-state index contributed by atoms with van der Waals surface area (Å²) in [5, 5.41) is 5.89. The standard InChI is InChI=1S/C13H17FN2O3S2/c1-19-12(17)11(7-21-8-20-2)16-13(18)15-10-5-3-9(14)4-6-10/h3-6,11H,7-8H2,1-2H3,(H2,15,16,18)/t11-/m1/s1. The Balaban J connectivity index is 2.54.